The molecular formula is C20H32N2O3S. The molecule has 1 aromatic heterocycles. The molecule has 1 rings (SSSR count). The first-order valence-corrected chi connectivity index (χ1v) is 10.5. The SMILES string of the molecule is CCCCCCCCCCC#Cc1csc(C(O)(CCO)NC(C)=O)n1. The molecule has 26 heavy (non-hydrogen) atoms. The van der Waals surface area contributed by atoms with Gasteiger partial charge in [0.25, 0.3) is 0 Å². The predicted octanol–water partition coefficient (Wildman–Crippen LogP) is 3.69. The zero-order valence-electron chi connectivity index (χ0n) is 16.0. The molecule has 1 unspecified atom stereocenters. The van der Waals surface area contributed by atoms with Gasteiger partial charge in [-0.15, -0.1) is 11.3 Å². The van der Waals surface area contributed by atoms with E-state index in [1.165, 1.54) is 63.2 Å². The minimum absolute atomic E-state index is 0.00871. The van der Waals surface area contributed by atoms with Crippen LogP contribution in [0.15, 0.2) is 5.38 Å². The van der Waals surface area contributed by atoms with Gasteiger partial charge in [-0.1, -0.05) is 57.8 Å². The van der Waals surface area contributed by atoms with Crippen molar-refractivity contribution in [2.75, 3.05) is 6.61 Å². The zero-order chi connectivity index (χ0) is 19.3. The van der Waals surface area contributed by atoms with Gasteiger partial charge in [0.15, 0.2) is 5.72 Å². The molecule has 3 N–H and O–H groups in total. The Balaban J connectivity index is 2.39. The molecule has 0 aliphatic heterocycles. The van der Waals surface area contributed by atoms with Gasteiger partial charge in [0, 0.05) is 31.8 Å². The molecule has 0 aliphatic carbocycles. The molecule has 0 aromatic carbocycles. The van der Waals surface area contributed by atoms with Crippen LogP contribution in [0.25, 0.3) is 0 Å². The molecule has 0 saturated carbocycles. The van der Waals surface area contributed by atoms with E-state index in [1.54, 1.807) is 5.38 Å². The van der Waals surface area contributed by atoms with Crippen LogP contribution in [0.4, 0.5) is 0 Å². The minimum Gasteiger partial charge on any atom is -0.396 e. The second kappa shape index (κ2) is 12.9. The van der Waals surface area contributed by atoms with Gasteiger partial charge in [0.1, 0.15) is 10.7 Å². The topological polar surface area (TPSA) is 82.5 Å². The van der Waals surface area contributed by atoms with E-state index in [0.717, 1.165) is 12.8 Å². The van der Waals surface area contributed by atoms with Crippen molar-refractivity contribution in [3.05, 3.63) is 16.1 Å². The average molecular weight is 381 g/mol. The third kappa shape index (κ3) is 8.79. The number of carbonyl (C=O) groups excluding carboxylic acids is 1. The number of thiazole rings is 1. The summed E-state index contributed by atoms with van der Waals surface area (Å²) in [6, 6.07) is 0. The van der Waals surface area contributed by atoms with Crippen molar-refractivity contribution in [3.8, 4) is 11.8 Å². The van der Waals surface area contributed by atoms with Crippen LogP contribution in [0.3, 0.4) is 0 Å². The third-order valence-electron chi connectivity index (χ3n) is 4.09. The maximum atomic E-state index is 11.3. The summed E-state index contributed by atoms with van der Waals surface area (Å²) in [5.41, 5.74) is -1.05. The van der Waals surface area contributed by atoms with Crippen LogP contribution in [0.5, 0.6) is 0 Å². The van der Waals surface area contributed by atoms with Crippen LogP contribution < -0.4 is 5.32 Å². The summed E-state index contributed by atoms with van der Waals surface area (Å²) in [6.07, 6.45) is 11.1. The highest BCUT2D eigenvalue weighted by Crippen LogP contribution is 2.25. The highest BCUT2D eigenvalue weighted by atomic mass is 32.1. The fourth-order valence-corrected chi connectivity index (χ4v) is 3.53. The van der Waals surface area contributed by atoms with Crippen LogP contribution in [0, 0.1) is 11.8 Å². The first kappa shape index (κ1) is 22.6. The smallest absolute Gasteiger partial charge is 0.219 e. The van der Waals surface area contributed by atoms with Gasteiger partial charge in [-0.3, -0.25) is 4.79 Å². The maximum absolute atomic E-state index is 11.3. The van der Waals surface area contributed by atoms with Crippen molar-refractivity contribution < 1.29 is 15.0 Å². The quantitative estimate of drug-likeness (QED) is 0.293. The first-order chi connectivity index (χ1) is 12.5. The molecule has 0 radical (unpaired) electrons. The van der Waals surface area contributed by atoms with Crippen molar-refractivity contribution in [1.82, 2.24) is 10.3 Å². The summed E-state index contributed by atoms with van der Waals surface area (Å²) in [4.78, 5) is 15.6. The van der Waals surface area contributed by atoms with E-state index >= 15 is 0 Å². The zero-order valence-corrected chi connectivity index (χ0v) is 16.8. The highest BCUT2D eigenvalue weighted by molar-refractivity contribution is 7.09. The molecule has 5 nitrogen and oxygen atoms in total. The lowest BCUT2D eigenvalue weighted by molar-refractivity contribution is -0.128. The van der Waals surface area contributed by atoms with E-state index in [1.807, 2.05) is 0 Å². The Bertz CT molecular complexity index is 591. The predicted molar refractivity (Wildman–Crippen MR) is 106 cm³/mol. The summed E-state index contributed by atoms with van der Waals surface area (Å²) in [5.74, 6) is 5.76. The molecule has 0 bridgehead atoms. The number of rotatable bonds is 12. The molecule has 1 heterocycles. The molecule has 0 fully saturated rings. The third-order valence-corrected chi connectivity index (χ3v) is 5.08. The first-order valence-electron chi connectivity index (χ1n) is 9.58. The number of amides is 1. The van der Waals surface area contributed by atoms with E-state index in [4.69, 9.17) is 5.11 Å². The summed E-state index contributed by atoms with van der Waals surface area (Å²) in [7, 11) is 0. The normalized spacial score (nSPS) is 12.9. The molecule has 0 saturated heterocycles. The molecule has 146 valence electrons. The Morgan fingerprint density at radius 2 is 1.88 bits per heavy atom. The number of nitrogens with one attached hydrogen (secondary N) is 1. The summed E-state index contributed by atoms with van der Waals surface area (Å²) in [6.45, 7) is 3.30. The van der Waals surface area contributed by atoms with Gasteiger partial charge in [0.05, 0.1) is 0 Å². The van der Waals surface area contributed by atoms with Gasteiger partial charge >= 0.3 is 0 Å². The molecule has 1 amide bonds. The standard InChI is InChI=1S/C20H32N2O3S/c1-3-4-5-6-7-8-9-10-11-12-13-18-16-26-19(21-18)20(25,14-15-23)22-17(2)24/h16,23,25H,3-11,14-15H2,1-2H3,(H,22,24). The van der Waals surface area contributed by atoms with Gasteiger partial charge in [-0.25, -0.2) is 4.98 Å². The van der Waals surface area contributed by atoms with Gasteiger partial charge in [-0.2, -0.15) is 0 Å². The number of aromatic nitrogens is 1. The van der Waals surface area contributed by atoms with E-state index < -0.39 is 5.72 Å². The molecule has 1 atom stereocenters. The fraction of sp³-hybridized carbons (Fsp3) is 0.700. The number of hydrogen-bond acceptors (Lipinski definition) is 5. The second-order valence-electron chi connectivity index (χ2n) is 6.58. The largest absolute Gasteiger partial charge is 0.396 e. The number of aliphatic hydroxyl groups is 2. The number of unbranched alkanes of at least 4 members (excludes halogenated alkanes) is 8. The Labute approximate surface area is 161 Å². The Kier molecular flexibility index (Phi) is 11.2. The molecule has 6 heteroatoms. The van der Waals surface area contributed by atoms with Gasteiger partial charge < -0.3 is 15.5 Å². The molecular weight excluding hydrogens is 348 g/mol. The van der Waals surface area contributed by atoms with Crippen LogP contribution >= 0.6 is 11.3 Å². The lowest BCUT2D eigenvalue weighted by Crippen LogP contribution is -2.45. The van der Waals surface area contributed by atoms with Crippen molar-refractivity contribution in [2.45, 2.75) is 83.8 Å². The van der Waals surface area contributed by atoms with E-state index in [-0.39, 0.29) is 18.9 Å². The Hall–Kier alpha value is -1.42. The van der Waals surface area contributed by atoms with Gasteiger partial charge in [-0.05, 0) is 12.3 Å². The number of hydrogen-bond donors (Lipinski definition) is 3. The Morgan fingerprint density at radius 1 is 1.23 bits per heavy atom. The van der Waals surface area contributed by atoms with Crippen LogP contribution in [0.2, 0.25) is 0 Å². The van der Waals surface area contributed by atoms with Crippen molar-refractivity contribution in [3.63, 3.8) is 0 Å². The monoisotopic (exact) mass is 380 g/mol. The van der Waals surface area contributed by atoms with Crippen molar-refractivity contribution in [2.24, 2.45) is 0 Å². The summed E-state index contributed by atoms with van der Waals surface area (Å²) in [5, 5.41) is 24.2. The van der Waals surface area contributed by atoms with E-state index in [9.17, 15) is 9.90 Å². The van der Waals surface area contributed by atoms with Crippen LogP contribution in [-0.2, 0) is 10.5 Å². The van der Waals surface area contributed by atoms with Gasteiger partial charge in [0.2, 0.25) is 5.91 Å². The van der Waals surface area contributed by atoms with E-state index in [2.05, 4.69) is 29.1 Å². The Morgan fingerprint density at radius 3 is 2.50 bits per heavy atom. The highest BCUT2D eigenvalue weighted by Gasteiger charge is 2.33. The van der Waals surface area contributed by atoms with Crippen LogP contribution in [-0.4, -0.2) is 27.7 Å². The number of carbonyl (C=O) groups is 1. The minimum atomic E-state index is -1.64. The lowest BCUT2D eigenvalue weighted by Gasteiger charge is -2.25. The van der Waals surface area contributed by atoms with Crippen molar-refractivity contribution in [1.29, 1.82) is 0 Å². The molecule has 0 aliphatic rings. The summed E-state index contributed by atoms with van der Waals surface area (Å²) >= 11 is 1.23. The second-order valence-corrected chi connectivity index (χ2v) is 7.44. The number of nitrogens with zero attached hydrogens (tertiary/aromatic N) is 1. The summed E-state index contributed by atoms with van der Waals surface area (Å²) < 4.78 is 0. The molecule has 1 aromatic rings. The van der Waals surface area contributed by atoms with Crippen LogP contribution in [0.1, 0.15) is 88.8 Å². The maximum Gasteiger partial charge on any atom is 0.219 e. The number of aliphatic hydroxyl groups excluding tert-OH is 1. The van der Waals surface area contributed by atoms with Crippen molar-refractivity contribution >= 4 is 17.2 Å². The fourth-order valence-electron chi connectivity index (χ4n) is 2.70. The average Bonchev–Trinajstić information content (AvgIpc) is 3.06. The molecule has 0 spiro atoms. The van der Waals surface area contributed by atoms with E-state index in [0.29, 0.717) is 10.7 Å². The lowest BCUT2D eigenvalue weighted by atomic mass is 10.1.